The SMILES string of the molecule is CC1(C)c2ccccc2-c2cc3c4ccccc4n(-c4ccc5c(c4)-c4ccccc4CC5c4cccc(-c5cc(-c6ccccc6)cc(-c6ccccc6)c5)c4)c3cc21. The van der Waals surface area contributed by atoms with Crippen LogP contribution in [-0.2, 0) is 11.8 Å². The molecule has 1 atom stereocenters. The molecule has 0 saturated carbocycles. The molecule has 1 aromatic heterocycles. The van der Waals surface area contributed by atoms with Crippen LogP contribution < -0.4 is 0 Å². The first-order chi connectivity index (χ1) is 29.5. The summed E-state index contributed by atoms with van der Waals surface area (Å²) in [7, 11) is 0. The van der Waals surface area contributed by atoms with E-state index in [9.17, 15) is 0 Å². The number of hydrogen-bond acceptors (Lipinski definition) is 0. The molecule has 2 aliphatic carbocycles. The lowest BCUT2D eigenvalue weighted by Gasteiger charge is -2.29. The summed E-state index contributed by atoms with van der Waals surface area (Å²) < 4.78 is 2.52. The molecule has 0 aliphatic heterocycles. The second-order valence-corrected chi connectivity index (χ2v) is 17.3. The summed E-state index contributed by atoms with van der Waals surface area (Å²) in [6.07, 6.45) is 0.961. The Morgan fingerprint density at radius 2 is 1.03 bits per heavy atom. The third-order valence-corrected chi connectivity index (χ3v) is 13.5. The fourth-order valence-electron chi connectivity index (χ4n) is 10.6. The quantitative estimate of drug-likeness (QED) is 0.164. The van der Waals surface area contributed by atoms with Gasteiger partial charge in [-0.15, -0.1) is 0 Å². The van der Waals surface area contributed by atoms with E-state index in [2.05, 4.69) is 225 Å². The smallest absolute Gasteiger partial charge is 0.0544 e. The van der Waals surface area contributed by atoms with Gasteiger partial charge in [-0.3, -0.25) is 0 Å². The molecule has 2 aliphatic rings. The summed E-state index contributed by atoms with van der Waals surface area (Å²) >= 11 is 0. The molecular formula is C59H43N. The zero-order valence-corrected chi connectivity index (χ0v) is 33.9. The van der Waals surface area contributed by atoms with Crippen LogP contribution in [0.15, 0.2) is 206 Å². The van der Waals surface area contributed by atoms with Crippen molar-refractivity contribution in [3.8, 4) is 61.3 Å². The third kappa shape index (κ3) is 5.39. The molecular weight excluding hydrogens is 723 g/mol. The van der Waals surface area contributed by atoms with Gasteiger partial charge in [-0.05, 0) is 138 Å². The van der Waals surface area contributed by atoms with Crippen LogP contribution in [0.2, 0.25) is 0 Å². The number of fused-ring (bicyclic) bond motifs is 9. The van der Waals surface area contributed by atoms with Gasteiger partial charge >= 0.3 is 0 Å². The Balaban J connectivity index is 1.01. The van der Waals surface area contributed by atoms with E-state index in [1.54, 1.807) is 0 Å². The average Bonchev–Trinajstić information content (AvgIpc) is 3.75. The van der Waals surface area contributed by atoms with E-state index in [1.165, 1.54) is 111 Å². The maximum atomic E-state index is 2.52. The number of hydrogen-bond donors (Lipinski definition) is 0. The Morgan fingerprint density at radius 1 is 0.400 bits per heavy atom. The molecule has 0 N–H and O–H groups in total. The van der Waals surface area contributed by atoms with Gasteiger partial charge in [0, 0.05) is 27.8 Å². The van der Waals surface area contributed by atoms with Gasteiger partial charge < -0.3 is 4.57 Å². The molecule has 0 spiro atoms. The topological polar surface area (TPSA) is 4.93 Å². The van der Waals surface area contributed by atoms with Crippen molar-refractivity contribution < 1.29 is 0 Å². The minimum absolute atomic E-state index is 0.0794. The number of benzene rings is 9. The molecule has 12 rings (SSSR count). The Labute approximate surface area is 351 Å². The first-order valence-electron chi connectivity index (χ1n) is 21.3. The van der Waals surface area contributed by atoms with E-state index in [0.717, 1.165) is 6.42 Å². The Hall–Kier alpha value is -7.22. The highest BCUT2D eigenvalue weighted by atomic mass is 15.0. The minimum Gasteiger partial charge on any atom is -0.309 e. The van der Waals surface area contributed by atoms with E-state index >= 15 is 0 Å². The van der Waals surface area contributed by atoms with Crippen molar-refractivity contribution in [1.82, 2.24) is 4.57 Å². The van der Waals surface area contributed by atoms with Crippen LogP contribution in [0.25, 0.3) is 83.1 Å². The normalized spacial score (nSPS) is 14.7. The molecule has 0 fully saturated rings. The molecule has 10 aromatic rings. The molecule has 0 radical (unpaired) electrons. The number of para-hydroxylation sites is 1. The zero-order chi connectivity index (χ0) is 40.0. The van der Waals surface area contributed by atoms with Crippen molar-refractivity contribution in [3.05, 3.63) is 234 Å². The highest BCUT2D eigenvalue weighted by molar-refractivity contribution is 6.11. The first kappa shape index (κ1) is 34.8. The van der Waals surface area contributed by atoms with Crippen LogP contribution in [0, 0.1) is 0 Å². The summed E-state index contributed by atoms with van der Waals surface area (Å²) in [5.41, 5.74) is 23.3. The van der Waals surface area contributed by atoms with E-state index < -0.39 is 0 Å². The Bertz CT molecular complexity index is 3250. The van der Waals surface area contributed by atoms with Crippen molar-refractivity contribution in [2.45, 2.75) is 31.6 Å². The average molecular weight is 766 g/mol. The van der Waals surface area contributed by atoms with Crippen molar-refractivity contribution in [2.24, 2.45) is 0 Å². The van der Waals surface area contributed by atoms with E-state index in [4.69, 9.17) is 0 Å². The van der Waals surface area contributed by atoms with Gasteiger partial charge in [-0.1, -0.05) is 172 Å². The van der Waals surface area contributed by atoms with Gasteiger partial charge in [0.25, 0.3) is 0 Å². The standard InChI is InChI=1S/C59H43N/c1-59(2)55-26-13-11-24-49(55)53-36-54-50-25-12-14-27-57(50)60(58(54)37-56(53)59)46-28-29-48-51(34-42-20-9-10-23-47(42)52(48)35-46)41-22-15-21-40(30-41)45-32-43(38-16-5-3-6-17-38)31-44(33-45)39-18-7-4-8-19-39/h3-33,35-37,51H,34H2,1-2H3. The summed E-state index contributed by atoms with van der Waals surface area (Å²) in [4.78, 5) is 0. The molecule has 1 nitrogen and oxygen atoms in total. The van der Waals surface area contributed by atoms with Crippen molar-refractivity contribution in [1.29, 1.82) is 0 Å². The molecule has 60 heavy (non-hydrogen) atoms. The van der Waals surface area contributed by atoms with Gasteiger partial charge in [0.2, 0.25) is 0 Å². The lowest BCUT2D eigenvalue weighted by Crippen LogP contribution is -2.15. The minimum atomic E-state index is -0.0794. The maximum absolute atomic E-state index is 2.52. The highest BCUT2D eigenvalue weighted by Crippen LogP contribution is 2.51. The highest BCUT2D eigenvalue weighted by Gasteiger charge is 2.36. The predicted molar refractivity (Wildman–Crippen MR) is 252 cm³/mol. The second kappa shape index (κ2) is 13.4. The zero-order valence-electron chi connectivity index (χ0n) is 33.9. The molecule has 1 unspecified atom stereocenters. The molecule has 0 amide bonds. The molecule has 284 valence electrons. The van der Waals surface area contributed by atoms with E-state index in [-0.39, 0.29) is 11.3 Å². The summed E-state index contributed by atoms with van der Waals surface area (Å²) in [5.74, 6) is 0.218. The van der Waals surface area contributed by atoms with E-state index in [0.29, 0.717) is 0 Å². The monoisotopic (exact) mass is 765 g/mol. The van der Waals surface area contributed by atoms with Gasteiger partial charge in [0.1, 0.15) is 0 Å². The van der Waals surface area contributed by atoms with Gasteiger partial charge in [-0.2, -0.15) is 0 Å². The molecule has 1 heteroatoms. The van der Waals surface area contributed by atoms with Crippen molar-refractivity contribution in [3.63, 3.8) is 0 Å². The van der Waals surface area contributed by atoms with Crippen LogP contribution in [-0.4, -0.2) is 4.57 Å². The van der Waals surface area contributed by atoms with E-state index in [1.807, 2.05) is 0 Å². The van der Waals surface area contributed by atoms with Crippen LogP contribution in [0.1, 0.15) is 47.6 Å². The fourth-order valence-corrected chi connectivity index (χ4v) is 10.6. The molecule has 9 aromatic carbocycles. The maximum Gasteiger partial charge on any atom is 0.0544 e. The molecule has 1 heterocycles. The van der Waals surface area contributed by atoms with Crippen molar-refractivity contribution >= 4 is 21.8 Å². The van der Waals surface area contributed by atoms with Gasteiger partial charge in [0.15, 0.2) is 0 Å². The van der Waals surface area contributed by atoms with Crippen LogP contribution in [0.3, 0.4) is 0 Å². The Morgan fingerprint density at radius 3 is 1.80 bits per heavy atom. The lowest BCUT2D eigenvalue weighted by atomic mass is 9.75. The lowest BCUT2D eigenvalue weighted by molar-refractivity contribution is 0.661. The van der Waals surface area contributed by atoms with Crippen LogP contribution in [0.5, 0.6) is 0 Å². The summed E-state index contributed by atoms with van der Waals surface area (Å²) in [6, 6.07) is 77.1. The third-order valence-electron chi connectivity index (χ3n) is 13.5. The van der Waals surface area contributed by atoms with Crippen LogP contribution >= 0.6 is 0 Å². The van der Waals surface area contributed by atoms with Gasteiger partial charge in [-0.25, -0.2) is 0 Å². The Kier molecular flexibility index (Phi) is 7.78. The first-order valence-corrected chi connectivity index (χ1v) is 21.3. The largest absolute Gasteiger partial charge is 0.309 e. The molecule has 0 saturated heterocycles. The predicted octanol–water partition coefficient (Wildman–Crippen LogP) is 15.4. The number of rotatable bonds is 5. The van der Waals surface area contributed by atoms with Crippen molar-refractivity contribution in [2.75, 3.05) is 0 Å². The van der Waals surface area contributed by atoms with Crippen LogP contribution in [0.4, 0.5) is 0 Å². The summed E-state index contributed by atoms with van der Waals surface area (Å²) in [5, 5.41) is 2.59. The molecule has 0 bridgehead atoms. The fraction of sp³-hybridized carbons (Fsp3) is 0.0847. The number of nitrogens with zero attached hydrogens (tertiary/aromatic N) is 1. The second-order valence-electron chi connectivity index (χ2n) is 17.3. The van der Waals surface area contributed by atoms with Gasteiger partial charge in [0.05, 0.1) is 11.0 Å². The summed E-state index contributed by atoms with van der Waals surface area (Å²) in [6.45, 7) is 4.76. The number of aromatic nitrogens is 1.